The third kappa shape index (κ3) is 4.48. The molecule has 0 spiro atoms. The van der Waals surface area contributed by atoms with E-state index < -0.39 is 0 Å². The third-order valence-corrected chi connectivity index (χ3v) is 5.59. The van der Waals surface area contributed by atoms with Gasteiger partial charge in [0.1, 0.15) is 11.4 Å². The number of carbonyl (C=O) groups excluding carboxylic acids is 2. The lowest BCUT2D eigenvalue weighted by Gasteiger charge is -2.11. The first-order valence-corrected chi connectivity index (χ1v) is 10.5. The molecule has 0 unspecified atom stereocenters. The molecule has 0 bridgehead atoms. The van der Waals surface area contributed by atoms with Gasteiger partial charge in [-0.05, 0) is 37.5 Å². The van der Waals surface area contributed by atoms with Crippen LogP contribution in [0.25, 0.3) is 5.69 Å². The molecule has 31 heavy (non-hydrogen) atoms. The molecule has 3 aromatic rings. The Kier molecular flexibility index (Phi) is 6.08. The largest absolute Gasteiger partial charge is 0.383 e. The average molecular weight is 439 g/mol. The number of hydrogen-bond donors (Lipinski definition) is 2. The van der Waals surface area contributed by atoms with E-state index in [-0.39, 0.29) is 34.1 Å². The summed E-state index contributed by atoms with van der Waals surface area (Å²) in [6, 6.07) is 14.4. The molecule has 1 aromatic heterocycles. The fourth-order valence-corrected chi connectivity index (χ4v) is 3.67. The summed E-state index contributed by atoms with van der Waals surface area (Å²) in [6.07, 6.45) is 2.00. The number of rotatable bonds is 8. The zero-order valence-corrected chi connectivity index (χ0v) is 17.9. The summed E-state index contributed by atoms with van der Waals surface area (Å²) in [5.41, 5.74) is 9.04. The Morgan fingerprint density at radius 2 is 1.90 bits per heavy atom. The predicted molar refractivity (Wildman–Crippen MR) is 117 cm³/mol. The Morgan fingerprint density at radius 1 is 1.16 bits per heavy atom. The van der Waals surface area contributed by atoms with E-state index in [0.29, 0.717) is 16.8 Å². The molecule has 1 fully saturated rings. The van der Waals surface area contributed by atoms with Crippen LogP contribution in [-0.2, 0) is 9.22 Å². The van der Waals surface area contributed by atoms with E-state index in [1.165, 1.54) is 11.8 Å². The van der Waals surface area contributed by atoms with Crippen molar-refractivity contribution in [2.45, 2.75) is 30.8 Å². The van der Waals surface area contributed by atoms with Crippen LogP contribution in [0.3, 0.4) is 0 Å². The quantitative estimate of drug-likeness (QED) is 0.240. The first-order valence-electron chi connectivity index (χ1n) is 9.77. The maximum absolute atomic E-state index is 13.2. The molecule has 9 heteroatoms. The molecular formula is C22H22N4O4S. The smallest absolute Gasteiger partial charge is 0.251 e. The minimum absolute atomic E-state index is 0.146. The summed E-state index contributed by atoms with van der Waals surface area (Å²) in [5, 5.41) is 7.73. The minimum atomic E-state index is -0.285. The van der Waals surface area contributed by atoms with Gasteiger partial charge in [-0.3, -0.25) is 9.59 Å². The molecule has 2 aromatic carbocycles. The molecule has 0 saturated heterocycles. The highest BCUT2D eigenvalue weighted by Crippen LogP contribution is 2.32. The summed E-state index contributed by atoms with van der Waals surface area (Å²) < 4.78 is 6.42. The number of aromatic nitrogens is 2. The molecule has 160 valence electrons. The molecular weight excluding hydrogens is 416 g/mol. The summed E-state index contributed by atoms with van der Waals surface area (Å²) in [6.45, 7) is 1.89. The van der Waals surface area contributed by atoms with E-state index in [0.717, 1.165) is 30.4 Å². The number of nitrogens with two attached hydrogens (primary N) is 1. The van der Waals surface area contributed by atoms with Crippen molar-refractivity contribution in [3.05, 3.63) is 70.8 Å². The van der Waals surface area contributed by atoms with E-state index >= 15 is 0 Å². The van der Waals surface area contributed by atoms with Gasteiger partial charge in [0, 0.05) is 17.2 Å². The fourth-order valence-electron chi connectivity index (χ4n) is 3.14. The second-order valence-electron chi connectivity index (χ2n) is 7.24. The number of anilines is 1. The Balaban J connectivity index is 1.77. The van der Waals surface area contributed by atoms with Crippen LogP contribution in [0.1, 0.15) is 44.7 Å². The van der Waals surface area contributed by atoms with Gasteiger partial charge in [0.05, 0.1) is 24.8 Å². The lowest BCUT2D eigenvalue weighted by atomic mass is 10.1. The highest BCUT2D eigenvalue weighted by molar-refractivity contribution is 7.94. The van der Waals surface area contributed by atoms with Crippen molar-refractivity contribution in [3.63, 3.8) is 0 Å². The topological polar surface area (TPSA) is 108 Å². The molecule has 1 aliphatic rings. The zero-order valence-electron chi connectivity index (χ0n) is 17.1. The van der Waals surface area contributed by atoms with Crippen molar-refractivity contribution in [3.8, 4) is 5.69 Å². The normalized spacial score (nSPS) is 13.2. The molecule has 3 N–H and O–H groups in total. The van der Waals surface area contributed by atoms with Crippen LogP contribution in [0.2, 0.25) is 0 Å². The first kappa shape index (κ1) is 21.1. The number of hydrogen-bond acceptors (Lipinski definition) is 7. The van der Waals surface area contributed by atoms with Gasteiger partial charge in [-0.1, -0.05) is 36.4 Å². The summed E-state index contributed by atoms with van der Waals surface area (Å²) in [4.78, 5) is 30.4. The van der Waals surface area contributed by atoms with Gasteiger partial charge in [-0.15, -0.1) is 0 Å². The third-order valence-electron chi connectivity index (χ3n) is 4.95. The van der Waals surface area contributed by atoms with Crippen molar-refractivity contribution < 1.29 is 18.8 Å². The number of benzene rings is 2. The second-order valence-corrected chi connectivity index (χ2v) is 7.93. The molecule has 1 heterocycles. The van der Waals surface area contributed by atoms with Gasteiger partial charge < -0.3 is 11.1 Å². The van der Waals surface area contributed by atoms with E-state index in [1.807, 2.05) is 19.1 Å². The van der Waals surface area contributed by atoms with E-state index in [9.17, 15) is 9.59 Å². The Morgan fingerprint density at radius 3 is 2.58 bits per heavy atom. The van der Waals surface area contributed by atoms with Gasteiger partial charge in [-0.2, -0.15) is 9.43 Å². The highest BCUT2D eigenvalue weighted by atomic mass is 32.2. The Hall–Kier alpha value is -3.14. The van der Waals surface area contributed by atoms with Gasteiger partial charge in [0.2, 0.25) is 0 Å². The van der Waals surface area contributed by atoms with Crippen molar-refractivity contribution >= 4 is 29.6 Å². The SMILES string of the molecule is COOSc1nn(-c2cc(C(=O)NC3CC3)ccc2C)c(N)c1C(=O)c1ccccc1. The van der Waals surface area contributed by atoms with Gasteiger partial charge in [-0.25, -0.2) is 9.57 Å². The summed E-state index contributed by atoms with van der Waals surface area (Å²) in [7, 11) is 1.36. The predicted octanol–water partition coefficient (Wildman–Crippen LogP) is 3.47. The van der Waals surface area contributed by atoms with Crippen LogP contribution in [0.5, 0.6) is 0 Å². The highest BCUT2D eigenvalue weighted by Gasteiger charge is 2.27. The van der Waals surface area contributed by atoms with Crippen LogP contribution >= 0.6 is 12.0 Å². The number of carbonyl (C=O) groups is 2. The number of aryl methyl sites for hydroxylation is 1. The lowest BCUT2D eigenvalue weighted by Crippen LogP contribution is -2.25. The number of nitrogens with one attached hydrogen (secondary N) is 1. The lowest BCUT2D eigenvalue weighted by molar-refractivity contribution is -0.160. The number of nitrogens with zero attached hydrogens (tertiary/aromatic N) is 2. The number of nitrogen functional groups attached to an aromatic ring is 1. The Bertz CT molecular complexity index is 1130. The van der Waals surface area contributed by atoms with Crippen LogP contribution in [0.15, 0.2) is 53.6 Å². The molecule has 0 aliphatic heterocycles. The molecule has 8 nitrogen and oxygen atoms in total. The Labute approximate surface area is 183 Å². The maximum atomic E-state index is 13.2. The summed E-state index contributed by atoms with van der Waals surface area (Å²) >= 11 is 0.798. The second kappa shape index (κ2) is 8.93. The van der Waals surface area contributed by atoms with Gasteiger partial charge >= 0.3 is 0 Å². The molecule has 1 amide bonds. The van der Waals surface area contributed by atoms with E-state index in [4.69, 9.17) is 10.1 Å². The van der Waals surface area contributed by atoms with E-state index in [2.05, 4.69) is 15.3 Å². The van der Waals surface area contributed by atoms with Gasteiger partial charge in [0.15, 0.2) is 10.8 Å². The van der Waals surface area contributed by atoms with Crippen molar-refractivity contribution in [2.24, 2.45) is 0 Å². The maximum Gasteiger partial charge on any atom is 0.251 e. The van der Waals surface area contributed by atoms with E-state index in [1.54, 1.807) is 36.4 Å². The van der Waals surface area contributed by atoms with Crippen LogP contribution < -0.4 is 11.1 Å². The summed E-state index contributed by atoms with van der Waals surface area (Å²) in [5.74, 6) is -0.280. The zero-order chi connectivity index (χ0) is 22.0. The molecule has 0 radical (unpaired) electrons. The van der Waals surface area contributed by atoms with Gasteiger partial charge in [0.25, 0.3) is 5.91 Å². The molecule has 0 atom stereocenters. The standard InChI is InChI=1S/C22H22N4O4S/c1-13-8-9-15(21(28)24-16-10-11-16)12-17(13)26-20(23)18(22(25-26)31-30-29-2)19(27)14-6-4-3-5-7-14/h3-9,12,16H,10-11,23H2,1-2H3,(H,24,28). The molecule has 1 saturated carbocycles. The first-order chi connectivity index (χ1) is 15.0. The fraction of sp³-hybridized carbons (Fsp3) is 0.227. The monoisotopic (exact) mass is 438 g/mol. The molecule has 4 rings (SSSR count). The minimum Gasteiger partial charge on any atom is -0.383 e. The molecule has 1 aliphatic carbocycles. The van der Waals surface area contributed by atoms with Crippen LogP contribution in [-0.4, -0.2) is 34.6 Å². The van der Waals surface area contributed by atoms with Crippen molar-refractivity contribution in [1.29, 1.82) is 0 Å². The van der Waals surface area contributed by atoms with Crippen LogP contribution in [0, 0.1) is 6.92 Å². The van der Waals surface area contributed by atoms with Crippen molar-refractivity contribution in [1.82, 2.24) is 15.1 Å². The van der Waals surface area contributed by atoms with Crippen molar-refractivity contribution in [2.75, 3.05) is 12.8 Å². The van der Waals surface area contributed by atoms with Crippen LogP contribution in [0.4, 0.5) is 5.82 Å². The number of ketones is 1. The number of amides is 1. The average Bonchev–Trinajstić information content (AvgIpc) is 3.54.